The van der Waals surface area contributed by atoms with Crippen LogP contribution in [0.5, 0.6) is 0 Å². The minimum atomic E-state index is -0.155. The first kappa shape index (κ1) is 16.4. The molecule has 0 saturated carbocycles. The Balaban J connectivity index is 3.33. The summed E-state index contributed by atoms with van der Waals surface area (Å²) in [5.41, 5.74) is 5.38. The van der Waals surface area contributed by atoms with E-state index in [4.69, 9.17) is 15.9 Å². The van der Waals surface area contributed by atoms with Gasteiger partial charge in [0.1, 0.15) is 0 Å². The highest BCUT2D eigenvalue weighted by molar-refractivity contribution is 5.82. The fraction of sp³-hybridized carbons (Fsp3) is 0.929. The molecule has 0 atom stereocenters. The molecule has 0 aliphatic heterocycles. The zero-order valence-corrected chi connectivity index (χ0v) is 12.0. The molecule has 0 aromatic rings. The highest BCUT2D eigenvalue weighted by Crippen LogP contribution is 2.22. The first-order chi connectivity index (χ1) is 7.86. The van der Waals surface area contributed by atoms with Crippen molar-refractivity contribution in [3.63, 3.8) is 0 Å². The van der Waals surface area contributed by atoms with Crippen LogP contribution >= 0.6 is 0 Å². The summed E-state index contributed by atoms with van der Waals surface area (Å²) in [6.45, 7) is 10.3. The van der Waals surface area contributed by atoms with Gasteiger partial charge in [-0.3, -0.25) is 5.41 Å². The van der Waals surface area contributed by atoms with Crippen LogP contribution in [0, 0.1) is 16.7 Å². The normalized spacial score (nSPS) is 12.1. The lowest BCUT2D eigenvalue weighted by molar-refractivity contribution is 0.122. The summed E-state index contributed by atoms with van der Waals surface area (Å²) < 4.78 is 5.57. The van der Waals surface area contributed by atoms with Crippen molar-refractivity contribution < 1.29 is 4.74 Å². The molecule has 0 aliphatic rings. The standard InChI is InChI=1S/C14H30N2O/c1-12(2)8-7-11-17-10-6-5-9-14(3,4)13(15)16/h12H,5-11H2,1-4H3,(H3,15,16). The molecular formula is C14H30N2O. The van der Waals surface area contributed by atoms with E-state index in [0.29, 0.717) is 0 Å². The quantitative estimate of drug-likeness (QED) is 0.349. The third-order valence-electron chi connectivity index (χ3n) is 3.14. The minimum absolute atomic E-state index is 0.155. The van der Waals surface area contributed by atoms with Gasteiger partial charge in [0.15, 0.2) is 0 Å². The molecule has 3 N–H and O–H groups in total. The molecule has 0 radical (unpaired) electrons. The molecule has 3 heteroatoms. The Labute approximate surface area is 107 Å². The Morgan fingerprint density at radius 3 is 2.29 bits per heavy atom. The van der Waals surface area contributed by atoms with E-state index in [2.05, 4.69) is 13.8 Å². The van der Waals surface area contributed by atoms with Crippen LogP contribution < -0.4 is 5.73 Å². The predicted octanol–water partition coefficient (Wildman–Crippen LogP) is 3.57. The van der Waals surface area contributed by atoms with Gasteiger partial charge in [0.2, 0.25) is 0 Å². The van der Waals surface area contributed by atoms with Gasteiger partial charge in [-0.25, -0.2) is 0 Å². The lowest BCUT2D eigenvalue weighted by Crippen LogP contribution is -2.30. The largest absolute Gasteiger partial charge is 0.387 e. The Kier molecular flexibility index (Phi) is 8.23. The van der Waals surface area contributed by atoms with Gasteiger partial charge in [-0.15, -0.1) is 0 Å². The maximum Gasteiger partial charge on any atom is 0.0963 e. The fourth-order valence-corrected chi connectivity index (χ4v) is 1.60. The molecule has 102 valence electrons. The molecule has 0 unspecified atom stereocenters. The van der Waals surface area contributed by atoms with E-state index < -0.39 is 0 Å². The Morgan fingerprint density at radius 1 is 1.18 bits per heavy atom. The third-order valence-corrected chi connectivity index (χ3v) is 3.14. The molecule has 17 heavy (non-hydrogen) atoms. The summed E-state index contributed by atoms with van der Waals surface area (Å²) in [6.07, 6.45) is 5.53. The van der Waals surface area contributed by atoms with Gasteiger partial charge in [0.05, 0.1) is 5.84 Å². The average molecular weight is 242 g/mol. The van der Waals surface area contributed by atoms with Crippen molar-refractivity contribution in [3.8, 4) is 0 Å². The second-order valence-corrected chi connectivity index (χ2v) is 5.90. The van der Waals surface area contributed by atoms with Gasteiger partial charge in [-0.05, 0) is 31.6 Å². The number of hydrogen-bond donors (Lipinski definition) is 2. The van der Waals surface area contributed by atoms with E-state index in [-0.39, 0.29) is 11.3 Å². The summed E-state index contributed by atoms with van der Waals surface area (Å²) in [7, 11) is 0. The van der Waals surface area contributed by atoms with E-state index in [9.17, 15) is 0 Å². The molecule has 0 rings (SSSR count). The van der Waals surface area contributed by atoms with Gasteiger partial charge in [0.25, 0.3) is 0 Å². The van der Waals surface area contributed by atoms with Crippen LogP contribution in [0.4, 0.5) is 0 Å². The Bertz CT molecular complexity index is 212. The molecule has 0 fully saturated rings. The molecule has 0 bridgehead atoms. The zero-order valence-electron chi connectivity index (χ0n) is 12.0. The number of rotatable bonds is 10. The number of ether oxygens (including phenoxy) is 1. The summed E-state index contributed by atoms with van der Waals surface area (Å²) in [4.78, 5) is 0. The van der Waals surface area contributed by atoms with Crippen molar-refractivity contribution in [3.05, 3.63) is 0 Å². The zero-order chi connectivity index (χ0) is 13.3. The van der Waals surface area contributed by atoms with Gasteiger partial charge in [-0.2, -0.15) is 0 Å². The van der Waals surface area contributed by atoms with Gasteiger partial charge >= 0.3 is 0 Å². The van der Waals surface area contributed by atoms with Crippen LogP contribution in [0.15, 0.2) is 0 Å². The van der Waals surface area contributed by atoms with Gasteiger partial charge < -0.3 is 10.5 Å². The molecule has 0 saturated heterocycles. The number of amidine groups is 1. The molecule has 0 heterocycles. The fourth-order valence-electron chi connectivity index (χ4n) is 1.60. The lowest BCUT2D eigenvalue weighted by Gasteiger charge is -2.22. The first-order valence-electron chi connectivity index (χ1n) is 6.78. The number of hydrogen-bond acceptors (Lipinski definition) is 2. The van der Waals surface area contributed by atoms with E-state index in [0.717, 1.165) is 44.8 Å². The maximum absolute atomic E-state index is 7.46. The van der Waals surface area contributed by atoms with Crippen LogP contribution in [-0.4, -0.2) is 19.0 Å². The molecule has 3 nitrogen and oxygen atoms in total. The summed E-state index contributed by atoms with van der Waals surface area (Å²) in [5, 5.41) is 7.46. The van der Waals surface area contributed by atoms with Crippen LogP contribution in [0.1, 0.15) is 59.8 Å². The van der Waals surface area contributed by atoms with E-state index in [1.807, 2.05) is 13.8 Å². The van der Waals surface area contributed by atoms with E-state index in [1.165, 1.54) is 6.42 Å². The minimum Gasteiger partial charge on any atom is -0.387 e. The second kappa shape index (κ2) is 8.51. The smallest absolute Gasteiger partial charge is 0.0963 e. The Hall–Kier alpha value is -0.570. The molecular weight excluding hydrogens is 212 g/mol. The summed E-state index contributed by atoms with van der Waals surface area (Å²) in [5.74, 6) is 1.06. The van der Waals surface area contributed by atoms with Crippen LogP contribution in [0.3, 0.4) is 0 Å². The predicted molar refractivity (Wildman–Crippen MR) is 74.4 cm³/mol. The highest BCUT2D eigenvalue weighted by atomic mass is 16.5. The van der Waals surface area contributed by atoms with Gasteiger partial charge in [-0.1, -0.05) is 34.1 Å². The van der Waals surface area contributed by atoms with E-state index >= 15 is 0 Å². The van der Waals surface area contributed by atoms with Crippen molar-refractivity contribution in [1.82, 2.24) is 0 Å². The maximum atomic E-state index is 7.46. The Morgan fingerprint density at radius 2 is 1.76 bits per heavy atom. The van der Waals surface area contributed by atoms with Crippen LogP contribution in [0.25, 0.3) is 0 Å². The molecule has 0 aromatic heterocycles. The second-order valence-electron chi connectivity index (χ2n) is 5.90. The number of nitrogens with one attached hydrogen (secondary N) is 1. The SMILES string of the molecule is CC(C)CCCOCCCCC(C)(C)C(=N)N. The van der Waals surface area contributed by atoms with E-state index in [1.54, 1.807) is 0 Å². The van der Waals surface area contributed by atoms with Crippen molar-refractivity contribution in [1.29, 1.82) is 5.41 Å². The van der Waals surface area contributed by atoms with Gasteiger partial charge in [0, 0.05) is 18.6 Å². The average Bonchev–Trinajstić information content (AvgIpc) is 2.21. The summed E-state index contributed by atoms with van der Waals surface area (Å²) >= 11 is 0. The molecule has 0 amide bonds. The van der Waals surface area contributed by atoms with Crippen LogP contribution in [-0.2, 0) is 4.74 Å². The van der Waals surface area contributed by atoms with Crippen molar-refractivity contribution in [2.24, 2.45) is 17.1 Å². The van der Waals surface area contributed by atoms with Crippen molar-refractivity contribution in [2.75, 3.05) is 13.2 Å². The molecule has 0 aromatic carbocycles. The first-order valence-corrected chi connectivity index (χ1v) is 6.78. The van der Waals surface area contributed by atoms with Crippen molar-refractivity contribution in [2.45, 2.75) is 59.8 Å². The monoisotopic (exact) mass is 242 g/mol. The molecule has 0 aliphatic carbocycles. The van der Waals surface area contributed by atoms with Crippen LogP contribution in [0.2, 0.25) is 0 Å². The summed E-state index contributed by atoms with van der Waals surface area (Å²) in [6, 6.07) is 0. The topological polar surface area (TPSA) is 59.1 Å². The third kappa shape index (κ3) is 9.16. The van der Waals surface area contributed by atoms with Crippen molar-refractivity contribution >= 4 is 5.84 Å². The molecule has 0 spiro atoms. The number of nitrogens with two attached hydrogens (primary N) is 1. The highest BCUT2D eigenvalue weighted by Gasteiger charge is 2.20. The number of unbranched alkanes of at least 4 members (excludes halogenated alkanes) is 1. The lowest BCUT2D eigenvalue weighted by atomic mass is 9.86.